The van der Waals surface area contributed by atoms with E-state index in [0.29, 0.717) is 0 Å². The van der Waals surface area contributed by atoms with Crippen LogP contribution in [-0.2, 0) is 6.54 Å². The summed E-state index contributed by atoms with van der Waals surface area (Å²) in [6.45, 7) is 5.03. The van der Waals surface area contributed by atoms with Crippen LogP contribution in [0.1, 0.15) is 26.7 Å². The molecule has 0 atom stereocenters. The molecule has 4 heteroatoms. The van der Waals surface area contributed by atoms with Crippen molar-refractivity contribution in [1.82, 2.24) is 9.55 Å². The van der Waals surface area contributed by atoms with Crippen LogP contribution in [-0.4, -0.2) is 15.1 Å². The summed E-state index contributed by atoms with van der Waals surface area (Å²) < 4.78 is 2.12. The van der Waals surface area contributed by atoms with Gasteiger partial charge in [0.05, 0.1) is 18.2 Å². The van der Waals surface area contributed by atoms with Gasteiger partial charge in [0.1, 0.15) is 0 Å². The number of nitrogens with two attached hydrogens (primary N) is 1. The van der Waals surface area contributed by atoms with Gasteiger partial charge in [0.25, 0.3) is 0 Å². The smallest absolute Gasteiger partial charge is 0.0951 e. The largest absolute Gasteiger partial charge is 0.329 e. The first-order valence-corrected chi connectivity index (χ1v) is 7.00. The molecule has 19 heavy (non-hydrogen) atoms. The molecule has 2 rings (SSSR count). The lowest BCUT2D eigenvalue weighted by atomic mass is 9.94. The van der Waals surface area contributed by atoms with E-state index in [2.05, 4.69) is 23.4 Å². The van der Waals surface area contributed by atoms with Gasteiger partial charge in [-0.15, -0.1) is 0 Å². The van der Waals surface area contributed by atoms with Crippen molar-refractivity contribution in [2.75, 3.05) is 0 Å². The number of rotatable bonds is 5. The average molecular weight is 278 g/mol. The molecule has 1 aromatic heterocycles. The Hall–Kier alpha value is -1.32. The van der Waals surface area contributed by atoms with Crippen molar-refractivity contribution in [3.63, 3.8) is 0 Å². The topological polar surface area (TPSA) is 43.8 Å². The van der Waals surface area contributed by atoms with Gasteiger partial charge in [-0.1, -0.05) is 37.6 Å². The molecule has 2 N–H and O–H groups in total. The first kappa shape index (κ1) is 14.1. The van der Waals surface area contributed by atoms with Crippen LogP contribution in [0.15, 0.2) is 36.8 Å². The molecule has 2 aromatic rings. The fourth-order valence-electron chi connectivity index (χ4n) is 2.12. The van der Waals surface area contributed by atoms with E-state index in [1.165, 1.54) is 0 Å². The number of imidazole rings is 1. The van der Waals surface area contributed by atoms with E-state index in [1.807, 2.05) is 36.8 Å². The van der Waals surface area contributed by atoms with Crippen molar-refractivity contribution in [3.05, 3.63) is 41.8 Å². The lowest BCUT2D eigenvalue weighted by Crippen LogP contribution is -2.42. The Morgan fingerprint density at radius 2 is 1.84 bits per heavy atom. The summed E-state index contributed by atoms with van der Waals surface area (Å²) in [7, 11) is 0. The molecule has 0 radical (unpaired) electrons. The minimum Gasteiger partial charge on any atom is -0.329 e. The van der Waals surface area contributed by atoms with E-state index in [9.17, 15) is 0 Å². The third kappa shape index (κ3) is 3.17. The van der Waals surface area contributed by atoms with Gasteiger partial charge in [0.2, 0.25) is 0 Å². The summed E-state index contributed by atoms with van der Waals surface area (Å²) in [5, 5.41) is 0.741. The van der Waals surface area contributed by atoms with Gasteiger partial charge in [-0.05, 0) is 30.5 Å². The van der Waals surface area contributed by atoms with Crippen molar-refractivity contribution < 1.29 is 0 Å². The van der Waals surface area contributed by atoms with Gasteiger partial charge in [-0.3, -0.25) is 0 Å². The molecule has 0 fully saturated rings. The molecule has 0 spiro atoms. The molecule has 0 unspecified atom stereocenters. The minimum absolute atomic E-state index is 0.179. The number of aromatic nitrogens is 2. The molecule has 0 aliphatic carbocycles. The van der Waals surface area contributed by atoms with Crippen molar-refractivity contribution in [1.29, 1.82) is 0 Å². The van der Waals surface area contributed by atoms with E-state index in [1.54, 1.807) is 0 Å². The van der Waals surface area contributed by atoms with Crippen LogP contribution in [0.2, 0.25) is 5.02 Å². The molecule has 1 aromatic carbocycles. The Balaban J connectivity index is 2.30. The van der Waals surface area contributed by atoms with E-state index in [-0.39, 0.29) is 5.54 Å². The molecule has 0 saturated heterocycles. The maximum atomic E-state index is 6.39. The zero-order valence-corrected chi connectivity index (χ0v) is 12.2. The summed E-state index contributed by atoms with van der Waals surface area (Å²) in [6, 6.07) is 7.80. The highest BCUT2D eigenvalue weighted by atomic mass is 35.5. The van der Waals surface area contributed by atoms with Crippen LogP contribution in [0.5, 0.6) is 0 Å². The fourth-order valence-corrected chi connectivity index (χ4v) is 2.25. The van der Waals surface area contributed by atoms with Crippen LogP contribution in [0.4, 0.5) is 0 Å². The highest BCUT2D eigenvalue weighted by Gasteiger charge is 2.22. The van der Waals surface area contributed by atoms with Crippen molar-refractivity contribution in [3.8, 4) is 11.3 Å². The fraction of sp³-hybridized carbons (Fsp3) is 0.400. The predicted molar refractivity (Wildman–Crippen MR) is 80.2 cm³/mol. The Morgan fingerprint density at radius 1 is 1.21 bits per heavy atom. The highest BCUT2D eigenvalue weighted by Crippen LogP contribution is 2.24. The first-order valence-electron chi connectivity index (χ1n) is 6.63. The number of benzene rings is 1. The molecular weight excluding hydrogens is 258 g/mol. The second-order valence-corrected chi connectivity index (χ2v) is 5.42. The summed E-state index contributed by atoms with van der Waals surface area (Å²) in [5.41, 5.74) is 8.40. The molecule has 0 saturated carbocycles. The summed E-state index contributed by atoms with van der Waals surface area (Å²) in [5.74, 6) is 0. The normalized spacial score (nSPS) is 11.8. The zero-order valence-electron chi connectivity index (χ0n) is 11.4. The van der Waals surface area contributed by atoms with Crippen LogP contribution < -0.4 is 5.73 Å². The van der Waals surface area contributed by atoms with Crippen molar-refractivity contribution in [2.45, 2.75) is 38.8 Å². The van der Waals surface area contributed by atoms with Gasteiger partial charge in [0.15, 0.2) is 0 Å². The second-order valence-electron chi connectivity index (χ2n) is 4.98. The lowest BCUT2D eigenvalue weighted by Gasteiger charge is -2.28. The van der Waals surface area contributed by atoms with Gasteiger partial charge < -0.3 is 10.3 Å². The molecular formula is C15H20ClN3. The van der Waals surface area contributed by atoms with Gasteiger partial charge >= 0.3 is 0 Å². The van der Waals surface area contributed by atoms with Crippen LogP contribution >= 0.6 is 11.6 Å². The molecule has 0 bridgehead atoms. The van der Waals surface area contributed by atoms with Crippen molar-refractivity contribution >= 4 is 11.6 Å². The van der Waals surface area contributed by atoms with E-state index in [4.69, 9.17) is 17.3 Å². The second kappa shape index (κ2) is 5.76. The molecule has 0 aliphatic rings. The maximum absolute atomic E-state index is 6.39. The number of halogens is 1. The minimum atomic E-state index is -0.179. The van der Waals surface area contributed by atoms with Gasteiger partial charge in [-0.2, -0.15) is 0 Å². The lowest BCUT2D eigenvalue weighted by molar-refractivity contribution is 0.340. The van der Waals surface area contributed by atoms with Gasteiger partial charge in [-0.25, -0.2) is 4.98 Å². The predicted octanol–water partition coefficient (Wildman–Crippen LogP) is 3.72. The summed E-state index contributed by atoms with van der Waals surface area (Å²) in [6.07, 6.45) is 5.61. The highest BCUT2D eigenvalue weighted by molar-refractivity contribution is 6.30. The molecule has 1 heterocycles. The molecule has 3 nitrogen and oxygen atoms in total. The van der Waals surface area contributed by atoms with E-state index < -0.39 is 0 Å². The standard InChI is InChI=1S/C15H20ClN3/c1-3-15(17,4-2)10-19-11-18-9-14(19)12-5-7-13(16)8-6-12/h5-9,11H,3-4,10,17H2,1-2H3. The third-order valence-electron chi connectivity index (χ3n) is 3.75. The first-order chi connectivity index (χ1) is 9.08. The summed E-state index contributed by atoms with van der Waals surface area (Å²) in [4.78, 5) is 4.25. The third-order valence-corrected chi connectivity index (χ3v) is 4.00. The molecule has 102 valence electrons. The summed E-state index contributed by atoms with van der Waals surface area (Å²) >= 11 is 5.92. The number of nitrogens with zero attached hydrogens (tertiary/aromatic N) is 2. The van der Waals surface area contributed by atoms with E-state index >= 15 is 0 Å². The monoisotopic (exact) mass is 277 g/mol. The SMILES string of the molecule is CCC(N)(CC)Cn1cncc1-c1ccc(Cl)cc1. The maximum Gasteiger partial charge on any atom is 0.0951 e. The Labute approximate surface area is 119 Å². The van der Waals surface area contributed by atoms with Crippen LogP contribution in [0.3, 0.4) is 0 Å². The Bertz CT molecular complexity index is 527. The van der Waals surface area contributed by atoms with Crippen LogP contribution in [0.25, 0.3) is 11.3 Å². The van der Waals surface area contributed by atoms with Crippen LogP contribution in [0, 0.1) is 0 Å². The Morgan fingerprint density at radius 3 is 2.42 bits per heavy atom. The van der Waals surface area contributed by atoms with Crippen molar-refractivity contribution in [2.24, 2.45) is 5.73 Å². The quantitative estimate of drug-likeness (QED) is 0.905. The number of hydrogen-bond acceptors (Lipinski definition) is 2. The molecule has 0 aliphatic heterocycles. The Kier molecular flexibility index (Phi) is 4.27. The van der Waals surface area contributed by atoms with E-state index in [0.717, 1.165) is 35.7 Å². The zero-order chi connectivity index (χ0) is 13.9. The van der Waals surface area contributed by atoms with Gasteiger partial charge in [0, 0.05) is 17.1 Å². The molecule has 0 amide bonds. The average Bonchev–Trinajstić information content (AvgIpc) is 2.87. The number of hydrogen-bond donors (Lipinski definition) is 1.